The molecule has 3 aliphatic rings. The lowest BCUT2D eigenvalue weighted by Gasteiger charge is -2.22. The van der Waals surface area contributed by atoms with Gasteiger partial charge in [0.1, 0.15) is 18.9 Å². The maximum Gasteiger partial charge on any atom is 0.326 e. The van der Waals surface area contributed by atoms with Crippen LogP contribution in [0.1, 0.15) is 54.7 Å². The summed E-state index contributed by atoms with van der Waals surface area (Å²) in [4.78, 5) is 31.0. The van der Waals surface area contributed by atoms with E-state index >= 15 is 0 Å². The van der Waals surface area contributed by atoms with Gasteiger partial charge in [-0.3, -0.25) is 14.5 Å². The predicted octanol–water partition coefficient (Wildman–Crippen LogP) is 5.73. The normalized spacial score (nSPS) is 20.7. The minimum atomic E-state index is -3.88. The smallest absolute Gasteiger partial charge is 0.326 e. The third-order valence-electron chi connectivity index (χ3n) is 7.83. The number of carbonyl (C=O) groups is 2. The molecule has 2 saturated heterocycles. The molecule has 3 fully saturated rings. The van der Waals surface area contributed by atoms with Crippen molar-refractivity contribution in [3.63, 3.8) is 0 Å². The average molecular weight is 617 g/mol. The van der Waals surface area contributed by atoms with Crippen molar-refractivity contribution in [2.45, 2.75) is 44.6 Å². The molecule has 1 N–H and O–H groups in total. The van der Waals surface area contributed by atoms with Crippen LogP contribution in [-0.4, -0.2) is 43.9 Å². The summed E-state index contributed by atoms with van der Waals surface area (Å²) in [6, 6.07) is 22.9. The van der Waals surface area contributed by atoms with Crippen molar-refractivity contribution in [3.8, 4) is 5.75 Å². The highest BCUT2D eigenvalue weighted by Crippen LogP contribution is 2.35. The predicted molar refractivity (Wildman–Crippen MR) is 169 cm³/mol. The molecule has 0 radical (unpaired) electrons. The summed E-state index contributed by atoms with van der Waals surface area (Å²) in [5.74, 6) is 0.709. The lowest BCUT2D eigenvalue weighted by Crippen LogP contribution is -2.29. The molecule has 1 saturated carbocycles. The summed E-state index contributed by atoms with van der Waals surface area (Å²) in [6.45, 7) is 0.229. The summed E-state index contributed by atoms with van der Waals surface area (Å²) in [5.41, 5.74) is 4.34. The quantitative estimate of drug-likeness (QED) is 0.340. The standard InChI is InChI=1S/C32H32N4O5S2/c1-35-31(38)29(42-32(35)33-26-13-15-27(16-14-26)36-20-30(37)34-43(36,39)40)19-22-9-17-28(18-10-22)41-21-23-7-11-25(12-8-23)24-5-3-2-4-6-24/h7-19,24H,2-6,20-21H2,1H3,(H,34,37)/b29-19-,33-32?. The Morgan fingerprint density at radius 1 is 0.953 bits per heavy atom. The van der Waals surface area contributed by atoms with Gasteiger partial charge in [0.15, 0.2) is 5.17 Å². The van der Waals surface area contributed by atoms with Crippen molar-refractivity contribution in [3.05, 3.63) is 94.4 Å². The molecule has 0 atom stereocenters. The van der Waals surface area contributed by atoms with E-state index in [0.717, 1.165) is 21.2 Å². The molecule has 2 amide bonds. The van der Waals surface area contributed by atoms with Crippen LogP contribution < -0.4 is 13.8 Å². The first-order valence-corrected chi connectivity index (χ1v) is 16.5. The molecule has 1 aliphatic carbocycles. The molecule has 0 aromatic heterocycles. The number of hydrogen-bond donors (Lipinski definition) is 1. The monoisotopic (exact) mass is 616 g/mol. The number of nitrogens with one attached hydrogen (secondary N) is 1. The Labute approximate surface area is 255 Å². The molecular formula is C32H32N4O5S2. The third-order valence-corrected chi connectivity index (χ3v) is 10.3. The van der Waals surface area contributed by atoms with E-state index in [4.69, 9.17) is 4.74 Å². The van der Waals surface area contributed by atoms with Crippen LogP contribution in [0.5, 0.6) is 5.75 Å². The number of carbonyl (C=O) groups excluding carboxylic acids is 2. The second kappa shape index (κ2) is 12.3. The number of anilines is 1. The van der Waals surface area contributed by atoms with Gasteiger partial charge in [-0.25, -0.2) is 14.0 Å². The topological polar surface area (TPSA) is 108 Å². The minimum absolute atomic E-state index is 0.162. The third kappa shape index (κ3) is 6.62. The second-order valence-corrected chi connectivity index (χ2v) is 13.5. The number of benzene rings is 3. The van der Waals surface area contributed by atoms with Crippen LogP contribution in [0.2, 0.25) is 0 Å². The summed E-state index contributed by atoms with van der Waals surface area (Å²) in [7, 11) is -2.21. The summed E-state index contributed by atoms with van der Waals surface area (Å²) < 4.78 is 33.1. The Hall–Kier alpha value is -4.09. The molecule has 3 aromatic rings. The zero-order valence-electron chi connectivity index (χ0n) is 23.7. The lowest BCUT2D eigenvalue weighted by atomic mass is 9.84. The molecule has 3 aromatic carbocycles. The minimum Gasteiger partial charge on any atom is -0.489 e. The van der Waals surface area contributed by atoms with Gasteiger partial charge in [0.2, 0.25) is 0 Å². The van der Waals surface area contributed by atoms with Crippen molar-refractivity contribution >= 4 is 56.4 Å². The molecule has 0 unspecified atom stereocenters. The molecule has 43 heavy (non-hydrogen) atoms. The van der Waals surface area contributed by atoms with Crippen molar-refractivity contribution in [2.24, 2.45) is 4.99 Å². The average Bonchev–Trinajstić information content (AvgIpc) is 3.45. The lowest BCUT2D eigenvalue weighted by molar-refractivity contribution is -0.121. The Kier molecular flexibility index (Phi) is 8.27. The largest absolute Gasteiger partial charge is 0.489 e. The summed E-state index contributed by atoms with van der Waals surface area (Å²) >= 11 is 1.26. The number of thioether (sulfide) groups is 1. The number of nitrogens with zero attached hydrogens (tertiary/aromatic N) is 3. The van der Waals surface area contributed by atoms with Gasteiger partial charge in [-0.1, -0.05) is 55.7 Å². The molecule has 0 bridgehead atoms. The Balaban J connectivity index is 1.06. The van der Waals surface area contributed by atoms with Gasteiger partial charge in [0.05, 0.1) is 16.3 Å². The fraction of sp³-hybridized carbons (Fsp3) is 0.281. The Morgan fingerprint density at radius 3 is 2.30 bits per heavy atom. The van der Waals surface area contributed by atoms with Gasteiger partial charge in [-0.15, -0.1) is 0 Å². The zero-order chi connectivity index (χ0) is 30.0. The zero-order valence-corrected chi connectivity index (χ0v) is 25.4. The van der Waals surface area contributed by atoms with Gasteiger partial charge in [0, 0.05) is 7.05 Å². The van der Waals surface area contributed by atoms with Crippen LogP contribution in [0.15, 0.2) is 82.7 Å². The van der Waals surface area contributed by atoms with E-state index in [2.05, 4.69) is 29.3 Å². The van der Waals surface area contributed by atoms with Crippen LogP contribution in [0.3, 0.4) is 0 Å². The molecule has 2 heterocycles. The number of amidine groups is 1. The van der Waals surface area contributed by atoms with Crippen molar-refractivity contribution in [2.75, 3.05) is 17.9 Å². The van der Waals surface area contributed by atoms with Crippen LogP contribution in [0.25, 0.3) is 6.08 Å². The van der Waals surface area contributed by atoms with Gasteiger partial charge in [-0.05, 0) is 89.7 Å². The van der Waals surface area contributed by atoms with E-state index < -0.39 is 16.1 Å². The fourth-order valence-electron chi connectivity index (χ4n) is 5.43. The Bertz CT molecular complexity index is 1680. The first-order chi connectivity index (χ1) is 20.7. The van der Waals surface area contributed by atoms with Crippen molar-refractivity contribution in [1.82, 2.24) is 9.62 Å². The van der Waals surface area contributed by atoms with Crippen molar-refractivity contribution in [1.29, 1.82) is 0 Å². The van der Waals surface area contributed by atoms with E-state index in [1.54, 1.807) is 31.3 Å². The molecule has 6 rings (SSSR count). The van der Waals surface area contributed by atoms with Gasteiger partial charge >= 0.3 is 10.2 Å². The SMILES string of the molecule is CN1C(=O)/C(=C/c2ccc(OCc3ccc(C4CCCCC4)cc3)cc2)SC1=Nc1ccc(N2CC(=O)NS2(=O)=O)cc1. The summed E-state index contributed by atoms with van der Waals surface area (Å²) in [5, 5.41) is 0.504. The number of likely N-dealkylation sites (N-methyl/N-ethyl adjacent to an activating group) is 1. The molecule has 222 valence electrons. The number of amides is 2. The summed E-state index contributed by atoms with van der Waals surface area (Å²) in [6.07, 6.45) is 8.42. The van der Waals surface area contributed by atoms with E-state index in [-0.39, 0.29) is 12.5 Å². The molecule has 0 spiro atoms. The number of rotatable bonds is 7. The van der Waals surface area contributed by atoms with E-state index in [9.17, 15) is 18.0 Å². The highest BCUT2D eigenvalue weighted by molar-refractivity contribution is 8.18. The molecular weight excluding hydrogens is 585 g/mol. The fourth-order valence-corrected chi connectivity index (χ4v) is 7.57. The number of aliphatic imine (C=N–C) groups is 1. The van der Waals surface area contributed by atoms with Crippen LogP contribution >= 0.6 is 11.8 Å². The highest BCUT2D eigenvalue weighted by atomic mass is 32.2. The van der Waals surface area contributed by atoms with Crippen LogP contribution in [0, 0.1) is 0 Å². The van der Waals surface area contributed by atoms with E-state index in [0.29, 0.717) is 34.0 Å². The second-order valence-electron chi connectivity index (χ2n) is 10.9. The van der Waals surface area contributed by atoms with Gasteiger partial charge in [-0.2, -0.15) is 8.42 Å². The number of ether oxygens (including phenoxy) is 1. The number of hydrogen-bond acceptors (Lipinski definition) is 7. The van der Waals surface area contributed by atoms with Gasteiger partial charge in [0.25, 0.3) is 11.8 Å². The Morgan fingerprint density at radius 2 is 1.65 bits per heavy atom. The molecule has 11 heteroatoms. The highest BCUT2D eigenvalue weighted by Gasteiger charge is 2.34. The van der Waals surface area contributed by atoms with Crippen molar-refractivity contribution < 1.29 is 22.7 Å². The first-order valence-electron chi connectivity index (χ1n) is 14.3. The maximum absolute atomic E-state index is 12.9. The van der Waals surface area contributed by atoms with E-state index in [1.165, 1.54) is 54.3 Å². The van der Waals surface area contributed by atoms with Gasteiger partial charge < -0.3 is 4.74 Å². The maximum atomic E-state index is 12.9. The first kappa shape index (κ1) is 29.0. The van der Waals surface area contributed by atoms with Crippen LogP contribution in [-0.2, 0) is 26.4 Å². The molecule has 9 nitrogen and oxygen atoms in total. The van der Waals surface area contributed by atoms with Crippen LogP contribution in [0.4, 0.5) is 11.4 Å². The van der Waals surface area contributed by atoms with E-state index in [1.807, 2.05) is 35.1 Å². The molecule has 2 aliphatic heterocycles.